The number of nitrogens with zero attached hydrogens (tertiary/aromatic N) is 2. The SMILES string of the molecule is Cc1cccc(CN2CCN(C(=O)COC(=O)CCCNC(=O)c3ccc(Cl)cc3)CC2)c1. The fraction of sp³-hybridized carbons (Fsp3) is 0.400. The van der Waals surface area contributed by atoms with E-state index in [1.165, 1.54) is 11.1 Å². The minimum Gasteiger partial charge on any atom is -0.456 e. The normalized spacial score (nSPS) is 14.1. The van der Waals surface area contributed by atoms with Gasteiger partial charge in [0.2, 0.25) is 0 Å². The fourth-order valence-corrected chi connectivity index (χ4v) is 3.79. The Balaban J connectivity index is 1.27. The Hall–Kier alpha value is -2.90. The average molecular weight is 472 g/mol. The second kappa shape index (κ2) is 12.4. The average Bonchev–Trinajstić information content (AvgIpc) is 2.81. The van der Waals surface area contributed by atoms with Crippen molar-refractivity contribution in [2.24, 2.45) is 0 Å². The van der Waals surface area contributed by atoms with Crippen LogP contribution in [0.5, 0.6) is 0 Å². The maximum Gasteiger partial charge on any atom is 0.306 e. The Kier molecular flexibility index (Phi) is 9.27. The van der Waals surface area contributed by atoms with Crippen LogP contribution in [0.4, 0.5) is 0 Å². The molecule has 0 saturated carbocycles. The second-order valence-corrected chi connectivity index (χ2v) is 8.61. The summed E-state index contributed by atoms with van der Waals surface area (Å²) in [5, 5.41) is 3.31. The summed E-state index contributed by atoms with van der Waals surface area (Å²) in [5.41, 5.74) is 3.02. The molecule has 1 N–H and O–H groups in total. The lowest BCUT2D eigenvalue weighted by Crippen LogP contribution is -2.49. The molecule has 1 aliphatic heterocycles. The zero-order valence-electron chi connectivity index (χ0n) is 18.9. The second-order valence-electron chi connectivity index (χ2n) is 8.17. The van der Waals surface area contributed by atoms with Crippen molar-refractivity contribution in [3.63, 3.8) is 0 Å². The van der Waals surface area contributed by atoms with Crippen molar-refractivity contribution >= 4 is 29.4 Å². The van der Waals surface area contributed by atoms with Gasteiger partial charge in [-0.25, -0.2) is 0 Å². The maximum absolute atomic E-state index is 12.4. The first-order chi connectivity index (χ1) is 15.9. The fourth-order valence-electron chi connectivity index (χ4n) is 3.67. The highest BCUT2D eigenvalue weighted by molar-refractivity contribution is 6.30. The lowest BCUT2D eigenvalue weighted by molar-refractivity contribution is -0.152. The quantitative estimate of drug-likeness (QED) is 0.449. The van der Waals surface area contributed by atoms with Gasteiger partial charge in [0.25, 0.3) is 11.8 Å². The van der Waals surface area contributed by atoms with Crippen molar-refractivity contribution in [1.29, 1.82) is 0 Å². The van der Waals surface area contributed by atoms with Gasteiger partial charge in [-0.2, -0.15) is 0 Å². The van der Waals surface area contributed by atoms with E-state index in [1.54, 1.807) is 29.2 Å². The zero-order chi connectivity index (χ0) is 23.6. The lowest BCUT2D eigenvalue weighted by atomic mass is 10.1. The number of carbonyl (C=O) groups is 3. The van der Waals surface area contributed by atoms with Gasteiger partial charge in [-0.3, -0.25) is 19.3 Å². The van der Waals surface area contributed by atoms with Crippen molar-refractivity contribution in [1.82, 2.24) is 15.1 Å². The van der Waals surface area contributed by atoms with Crippen LogP contribution in [0.2, 0.25) is 5.02 Å². The molecule has 0 aromatic heterocycles. The van der Waals surface area contributed by atoms with Crippen LogP contribution in [-0.2, 0) is 20.9 Å². The number of amides is 2. The summed E-state index contributed by atoms with van der Waals surface area (Å²) in [6, 6.07) is 15.0. The number of esters is 1. The molecule has 2 aromatic carbocycles. The zero-order valence-corrected chi connectivity index (χ0v) is 19.6. The van der Waals surface area contributed by atoms with Crippen LogP contribution in [-0.4, -0.2) is 66.9 Å². The summed E-state index contributed by atoms with van der Waals surface area (Å²) < 4.78 is 5.13. The van der Waals surface area contributed by atoms with Crippen LogP contribution in [0.3, 0.4) is 0 Å². The summed E-state index contributed by atoms with van der Waals surface area (Å²) in [6.45, 7) is 5.88. The monoisotopic (exact) mass is 471 g/mol. The molecule has 176 valence electrons. The van der Waals surface area contributed by atoms with Gasteiger partial charge in [-0.05, 0) is 43.2 Å². The van der Waals surface area contributed by atoms with Crippen molar-refractivity contribution in [2.75, 3.05) is 39.3 Å². The number of carbonyl (C=O) groups excluding carboxylic acids is 3. The van der Waals surface area contributed by atoms with Gasteiger partial charge < -0.3 is 15.0 Å². The molecule has 0 bridgehead atoms. The molecule has 33 heavy (non-hydrogen) atoms. The van der Waals surface area contributed by atoms with E-state index in [9.17, 15) is 14.4 Å². The van der Waals surface area contributed by atoms with Gasteiger partial charge in [0.05, 0.1) is 0 Å². The van der Waals surface area contributed by atoms with E-state index in [0.717, 1.165) is 19.6 Å². The minimum absolute atomic E-state index is 0.137. The van der Waals surface area contributed by atoms with Gasteiger partial charge in [-0.15, -0.1) is 0 Å². The molecule has 0 radical (unpaired) electrons. The minimum atomic E-state index is -0.442. The first kappa shape index (κ1) is 24.7. The molecule has 0 unspecified atom stereocenters. The Morgan fingerprint density at radius 2 is 1.76 bits per heavy atom. The molecule has 1 saturated heterocycles. The van der Waals surface area contributed by atoms with Crippen LogP contribution < -0.4 is 5.32 Å². The molecule has 1 heterocycles. The van der Waals surface area contributed by atoms with Crippen molar-refractivity contribution in [3.8, 4) is 0 Å². The first-order valence-corrected chi connectivity index (χ1v) is 11.5. The molecule has 3 rings (SSSR count). The predicted octanol–water partition coefficient (Wildman–Crippen LogP) is 3.05. The molecular weight excluding hydrogens is 442 g/mol. The number of hydrogen-bond acceptors (Lipinski definition) is 5. The van der Waals surface area contributed by atoms with Crippen LogP contribution in [0.25, 0.3) is 0 Å². The molecule has 2 aromatic rings. The Labute approximate surface area is 199 Å². The molecular formula is C25H30ClN3O4. The number of benzene rings is 2. The van der Waals surface area contributed by atoms with Crippen LogP contribution in [0.1, 0.15) is 34.3 Å². The van der Waals surface area contributed by atoms with Crippen molar-refractivity contribution in [2.45, 2.75) is 26.3 Å². The number of halogens is 1. The standard InChI is InChI=1S/C25H30ClN3O4/c1-19-4-2-5-20(16-19)17-28-12-14-29(15-13-28)23(30)18-33-24(31)6-3-11-27-25(32)21-7-9-22(26)10-8-21/h2,4-5,7-10,16H,3,6,11-15,17-18H2,1H3,(H,27,32). The summed E-state index contributed by atoms with van der Waals surface area (Å²) in [4.78, 5) is 40.4. The Bertz CT molecular complexity index is 956. The van der Waals surface area contributed by atoms with E-state index in [0.29, 0.717) is 36.6 Å². The topological polar surface area (TPSA) is 79.0 Å². The summed E-state index contributed by atoms with van der Waals surface area (Å²) in [6.07, 6.45) is 0.572. The number of aryl methyl sites for hydroxylation is 1. The van der Waals surface area contributed by atoms with Crippen LogP contribution in [0, 0.1) is 6.92 Å². The summed E-state index contributed by atoms with van der Waals surface area (Å²) in [7, 11) is 0. The smallest absolute Gasteiger partial charge is 0.306 e. The van der Waals surface area contributed by atoms with E-state index in [2.05, 4.69) is 41.4 Å². The van der Waals surface area contributed by atoms with E-state index < -0.39 is 5.97 Å². The van der Waals surface area contributed by atoms with Gasteiger partial charge in [0.1, 0.15) is 0 Å². The highest BCUT2D eigenvalue weighted by Crippen LogP contribution is 2.11. The number of piperazine rings is 1. The van der Waals surface area contributed by atoms with Crippen LogP contribution in [0.15, 0.2) is 48.5 Å². The highest BCUT2D eigenvalue weighted by Gasteiger charge is 2.22. The first-order valence-electron chi connectivity index (χ1n) is 11.2. The molecule has 8 heteroatoms. The third kappa shape index (κ3) is 8.18. The molecule has 0 spiro atoms. The maximum atomic E-state index is 12.4. The number of ether oxygens (including phenoxy) is 1. The van der Waals surface area contributed by atoms with Gasteiger partial charge in [0, 0.05) is 56.3 Å². The van der Waals surface area contributed by atoms with E-state index in [-0.39, 0.29) is 24.8 Å². The third-order valence-corrected chi connectivity index (χ3v) is 5.77. The van der Waals surface area contributed by atoms with Crippen LogP contribution >= 0.6 is 11.6 Å². The Morgan fingerprint density at radius 1 is 1.03 bits per heavy atom. The third-order valence-electron chi connectivity index (χ3n) is 5.52. The Morgan fingerprint density at radius 3 is 2.45 bits per heavy atom. The number of hydrogen-bond donors (Lipinski definition) is 1. The largest absolute Gasteiger partial charge is 0.456 e. The van der Waals surface area contributed by atoms with E-state index >= 15 is 0 Å². The molecule has 2 amide bonds. The van der Waals surface area contributed by atoms with Crippen molar-refractivity contribution < 1.29 is 19.1 Å². The van der Waals surface area contributed by atoms with Gasteiger partial charge in [0.15, 0.2) is 6.61 Å². The predicted molar refractivity (Wildman–Crippen MR) is 127 cm³/mol. The summed E-state index contributed by atoms with van der Waals surface area (Å²) >= 11 is 5.81. The molecule has 0 aliphatic carbocycles. The molecule has 1 aliphatic rings. The van der Waals surface area contributed by atoms with Gasteiger partial charge in [-0.1, -0.05) is 41.4 Å². The van der Waals surface area contributed by atoms with E-state index in [1.807, 2.05) is 0 Å². The van der Waals surface area contributed by atoms with Crippen molar-refractivity contribution in [3.05, 3.63) is 70.2 Å². The van der Waals surface area contributed by atoms with Gasteiger partial charge >= 0.3 is 5.97 Å². The molecule has 0 atom stereocenters. The van der Waals surface area contributed by atoms with E-state index in [4.69, 9.17) is 16.3 Å². The lowest BCUT2D eigenvalue weighted by Gasteiger charge is -2.34. The highest BCUT2D eigenvalue weighted by atomic mass is 35.5. The molecule has 1 fully saturated rings. The summed E-state index contributed by atoms with van der Waals surface area (Å²) in [5.74, 6) is -0.839. The number of rotatable bonds is 9. The number of nitrogens with one attached hydrogen (secondary N) is 1. The molecule has 7 nitrogen and oxygen atoms in total.